The predicted octanol–water partition coefficient (Wildman–Crippen LogP) is 6.21. The number of carbonyl (C=O) groups excluding carboxylic acids is 2. The lowest BCUT2D eigenvalue weighted by atomic mass is 10.1. The van der Waals surface area contributed by atoms with Gasteiger partial charge in [0.25, 0.3) is 0 Å². The number of carbonyl (C=O) groups is 2. The number of aromatic nitrogens is 1. The molecule has 4 rings (SSSR count). The van der Waals surface area contributed by atoms with E-state index in [2.05, 4.69) is 32.3 Å². The first kappa shape index (κ1) is 28.3. The van der Waals surface area contributed by atoms with Crippen LogP contribution in [0.4, 0.5) is 14.9 Å². The van der Waals surface area contributed by atoms with E-state index in [1.54, 1.807) is 30.2 Å². The number of nitrogens with zero attached hydrogens (tertiary/aromatic N) is 2. The average Bonchev–Trinajstić information content (AvgIpc) is 3.36. The Hall–Kier alpha value is -3.69. The highest BCUT2D eigenvalue weighted by Crippen LogP contribution is 2.22. The maximum Gasteiger partial charge on any atom is 0.322 e. The van der Waals surface area contributed by atoms with Crippen LogP contribution < -0.4 is 5.32 Å². The van der Waals surface area contributed by atoms with Gasteiger partial charge in [0.1, 0.15) is 12.4 Å². The van der Waals surface area contributed by atoms with Crippen LogP contribution in [-0.2, 0) is 22.5 Å². The fourth-order valence-electron chi connectivity index (χ4n) is 4.37. The summed E-state index contributed by atoms with van der Waals surface area (Å²) in [6, 6.07) is 21.1. The first-order valence-corrected chi connectivity index (χ1v) is 13.6. The number of rotatable bonds is 12. The van der Waals surface area contributed by atoms with E-state index < -0.39 is 0 Å². The fourth-order valence-corrected chi connectivity index (χ4v) is 4.75. The van der Waals surface area contributed by atoms with Gasteiger partial charge in [0, 0.05) is 54.9 Å². The van der Waals surface area contributed by atoms with Gasteiger partial charge in [-0.3, -0.25) is 4.79 Å². The third-order valence-corrected chi connectivity index (χ3v) is 7.16. The van der Waals surface area contributed by atoms with Crippen molar-refractivity contribution < 1.29 is 18.7 Å². The van der Waals surface area contributed by atoms with E-state index in [0.717, 1.165) is 26.5 Å². The van der Waals surface area contributed by atoms with Gasteiger partial charge in [-0.15, -0.1) is 0 Å². The standard InChI is InChI=1S/C30H32BrFN4O3/c1-39-18-6-16-36(30(38)34-28-10-5-3-8-26(28)31)21-29(37)35(20-22-11-13-24(32)14-12-22)17-15-23-19-33-27-9-4-2-7-25(23)27/h2-5,7-14,19,33H,6,15-18,20-21H2,1H3,(H,34,38). The van der Waals surface area contributed by atoms with Crippen molar-refractivity contribution in [2.75, 3.05) is 38.7 Å². The minimum atomic E-state index is -0.371. The van der Waals surface area contributed by atoms with Crippen molar-refractivity contribution in [1.29, 1.82) is 0 Å². The maximum atomic E-state index is 13.7. The Morgan fingerprint density at radius 2 is 1.72 bits per heavy atom. The highest BCUT2D eigenvalue weighted by molar-refractivity contribution is 9.10. The number of benzene rings is 3. The molecule has 0 aliphatic rings. The summed E-state index contributed by atoms with van der Waals surface area (Å²) >= 11 is 3.45. The zero-order valence-corrected chi connectivity index (χ0v) is 23.4. The third kappa shape index (κ3) is 7.91. The second kappa shape index (κ2) is 13.9. The minimum Gasteiger partial charge on any atom is -0.385 e. The average molecular weight is 596 g/mol. The molecule has 0 atom stereocenters. The smallest absolute Gasteiger partial charge is 0.322 e. The normalized spacial score (nSPS) is 10.9. The molecular formula is C30H32BrFN4O3. The second-order valence-electron chi connectivity index (χ2n) is 9.23. The number of amides is 3. The molecule has 3 aromatic carbocycles. The van der Waals surface area contributed by atoms with Crippen molar-refractivity contribution in [3.63, 3.8) is 0 Å². The first-order chi connectivity index (χ1) is 18.9. The molecule has 0 spiro atoms. The third-order valence-electron chi connectivity index (χ3n) is 6.47. The molecule has 0 radical (unpaired) electrons. The second-order valence-corrected chi connectivity index (χ2v) is 10.1. The lowest BCUT2D eigenvalue weighted by Crippen LogP contribution is -2.45. The summed E-state index contributed by atoms with van der Waals surface area (Å²) in [6.45, 7) is 1.46. The fraction of sp³-hybridized carbons (Fsp3) is 0.267. The molecule has 9 heteroatoms. The van der Waals surface area contributed by atoms with Crippen molar-refractivity contribution in [3.05, 3.63) is 100 Å². The van der Waals surface area contributed by atoms with Gasteiger partial charge in [-0.1, -0.05) is 42.5 Å². The summed E-state index contributed by atoms with van der Waals surface area (Å²) < 4.78 is 19.5. The van der Waals surface area contributed by atoms with Crippen molar-refractivity contribution in [3.8, 4) is 0 Å². The lowest BCUT2D eigenvalue weighted by molar-refractivity contribution is -0.132. The maximum absolute atomic E-state index is 13.7. The van der Waals surface area contributed by atoms with Crippen LogP contribution in [0, 0.1) is 5.82 Å². The van der Waals surface area contributed by atoms with E-state index in [1.807, 2.05) is 42.6 Å². The molecule has 39 heavy (non-hydrogen) atoms. The number of anilines is 1. The van der Waals surface area contributed by atoms with Crippen LogP contribution in [0.2, 0.25) is 0 Å². The molecule has 2 N–H and O–H groups in total. The number of nitrogens with one attached hydrogen (secondary N) is 2. The van der Waals surface area contributed by atoms with Crippen LogP contribution >= 0.6 is 15.9 Å². The number of halogens is 2. The molecule has 0 fully saturated rings. The molecule has 204 valence electrons. The molecule has 1 heterocycles. The zero-order valence-electron chi connectivity index (χ0n) is 21.8. The van der Waals surface area contributed by atoms with Crippen LogP contribution in [0.5, 0.6) is 0 Å². The van der Waals surface area contributed by atoms with Gasteiger partial charge in [0.05, 0.1) is 5.69 Å². The van der Waals surface area contributed by atoms with Crippen molar-refractivity contribution in [2.45, 2.75) is 19.4 Å². The molecule has 0 unspecified atom stereocenters. The Bertz CT molecular complexity index is 1390. The number of hydrogen-bond donors (Lipinski definition) is 2. The number of H-pyrrole nitrogens is 1. The quantitative estimate of drug-likeness (QED) is 0.191. The van der Waals surface area contributed by atoms with E-state index in [-0.39, 0.29) is 24.3 Å². The number of para-hydroxylation sites is 2. The van der Waals surface area contributed by atoms with Gasteiger partial charge in [0.2, 0.25) is 5.91 Å². The summed E-state index contributed by atoms with van der Waals surface area (Å²) in [5.74, 6) is -0.526. The van der Waals surface area contributed by atoms with E-state index in [9.17, 15) is 14.0 Å². The van der Waals surface area contributed by atoms with E-state index in [4.69, 9.17) is 4.74 Å². The molecule has 1 aromatic heterocycles. The van der Waals surface area contributed by atoms with Gasteiger partial charge >= 0.3 is 6.03 Å². The Balaban J connectivity index is 1.51. The molecule has 7 nitrogen and oxygen atoms in total. The molecule has 0 aliphatic heterocycles. The molecule has 0 aliphatic carbocycles. The Morgan fingerprint density at radius 3 is 2.49 bits per heavy atom. The monoisotopic (exact) mass is 594 g/mol. The molecule has 0 saturated carbocycles. The van der Waals surface area contributed by atoms with Crippen LogP contribution in [0.25, 0.3) is 10.9 Å². The SMILES string of the molecule is COCCCN(CC(=O)N(CCc1c[nH]c2ccccc12)Cc1ccc(F)cc1)C(=O)Nc1ccccc1Br. The molecule has 4 aromatic rings. The highest BCUT2D eigenvalue weighted by atomic mass is 79.9. The van der Waals surface area contributed by atoms with Crippen molar-refractivity contribution >= 4 is 44.5 Å². The van der Waals surface area contributed by atoms with E-state index in [1.165, 1.54) is 17.0 Å². The predicted molar refractivity (Wildman–Crippen MR) is 155 cm³/mol. The van der Waals surface area contributed by atoms with Gasteiger partial charge in [-0.25, -0.2) is 9.18 Å². The summed E-state index contributed by atoms with van der Waals surface area (Å²) in [5, 5.41) is 4.01. The van der Waals surface area contributed by atoms with Crippen LogP contribution in [-0.4, -0.2) is 60.1 Å². The number of fused-ring (bicyclic) bond motifs is 1. The largest absolute Gasteiger partial charge is 0.385 e. The van der Waals surface area contributed by atoms with Gasteiger partial charge in [0.15, 0.2) is 0 Å². The van der Waals surface area contributed by atoms with Crippen molar-refractivity contribution in [1.82, 2.24) is 14.8 Å². The number of aromatic amines is 1. The van der Waals surface area contributed by atoms with Crippen molar-refractivity contribution in [2.24, 2.45) is 0 Å². The first-order valence-electron chi connectivity index (χ1n) is 12.8. The van der Waals surface area contributed by atoms with E-state index in [0.29, 0.717) is 44.8 Å². The Morgan fingerprint density at radius 1 is 0.974 bits per heavy atom. The molecular weight excluding hydrogens is 563 g/mol. The summed E-state index contributed by atoms with van der Waals surface area (Å²) in [7, 11) is 1.60. The summed E-state index contributed by atoms with van der Waals surface area (Å²) in [5.41, 5.74) is 3.57. The highest BCUT2D eigenvalue weighted by Gasteiger charge is 2.22. The van der Waals surface area contributed by atoms with Gasteiger partial charge in [-0.2, -0.15) is 0 Å². The van der Waals surface area contributed by atoms with E-state index >= 15 is 0 Å². The Kier molecular flexibility index (Phi) is 10.1. The number of methoxy groups -OCH3 is 1. The Labute approximate surface area is 236 Å². The number of ether oxygens (including phenoxy) is 1. The van der Waals surface area contributed by atoms with Gasteiger partial charge < -0.3 is 24.8 Å². The topological polar surface area (TPSA) is 77.7 Å². The molecule has 0 saturated heterocycles. The summed E-state index contributed by atoms with van der Waals surface area (Å²) in [4.78, 5) is 33.4. The van der Waals surface area contributed by atoms with Gasteiger partial charge in [-0.05, 0) is 70.2 Å². The van der Waals surface area contributed by atoms with Crippen LogP contribution in [0.15, 0.2) is 83.5 Å². The van der Waals surface area contributed by atoms with Crippen LogP contribution in [0.1, 0.15) is 17.5 Å². The summed E-state index contributed by atoms with van der Waals surface area (Å²) in [6.07, 6.45) is 3.18. The molecule has 0 bridgehead atoms. The zero-order chi connectivity index (χ0) is 27.6. The number of urea groups is 1. The van der Waals surface area contributed by atoms with Crippen LogP contribution in [0.3, 0.4) is 0 Å². The number of hydrogen-bond acceptors (Lipinski definition) is 3. The minimum absolute atomic E-state index is 0.102. The lowest BCUT2D eigenvalue weighted by Gasteiger charge is -2.28. The molecule has 3 amide bonds.